The van der Waals surface area contributed by atoms with Crippen LogP contribution in [-0.2, 0) is 23.9 Å². The Hall–Kier alpha value is -1.85. The number of aliphatic carboxylic acids is 1. The Kier molecular flexibility index (Phi) is 8.49. The van der Waals surface area contributed by atoms with Crippen LogP contribution in [0.15, 0.2) is 11.6 Å². The van der Waals surface area contributed by atoms with Crippen molar-refractivity contribution in [2.24, 2.45) is 50.2 Å². The highest BCUT2D eigenvalue weighted by molar-refractivity contribution is 5.76. The molecular formula is C38H60O6. The molecule has 5 aliphatic rings. The van der Waals surface area contributed by atoms with E-state index in [1.807, 2.05) is 13.8 Å². The van der Waals surface area contributed by atoms with Crippen molar-refractivity contribution in [3.8, 4) is 0 Å². The van der Waals surface area contributed by atoms with Gasteiger partial charge in [-0.3, -0.25) is 14.4 Å². The van der Waals surface area contributed by atoms with Crippen LogP contribution in [0.25, 0.3) is 0 Å². The van der Waals surface area contributed by atoms with Crippen LogP contribution >= 0.6 is 0 Å². The number of carbonyl (C=O) groups excluding carboxylic acids is 2. The number of rotatable bonds is 7. The summed E-state index contributed by atoms with van der Waals surface area (Å²) >= 11 is 0. The van der Waals surface area contributed by atoms with E-state index in [-0.39, 0.29) is 44.9 Å². The van der Waals surface area contributed by atoms with Crippen molar-refractivity contribution in [2.75, 3.05) is 0 Å². The molecule has 0 radical (unpaired) electrons. The summed E-state index contributed by atoms with van der Waals surface area (Å²) in [4.78, 5) is 38.9. The zero-order valence-corrected chi connectivity index (χ0v) is 29.1. The lowest BCUT2D eigenvalue weighted by molar-refractivity contribution is -0.245. The molecule has 1 N–H and O–H groups in total. The highest BCUT2D eigenvalue weighted by Crippen LogP contribution is 2.76. The number of fused-ring (bicyclic) bond motifs is 7. The molecule has 5 rings (SSSR count). The summed E-state index contributed by atoms with van der Waals surface area (Å²) in [5.74, 6) is -0.265. The fourth-order valence-corrected chi connectivity index (χ4v) is 11.9. The van der Waals surface area contributed by atoms with E-state index in [2.05, 4.69) is 54.5 Å². The molecule has 4 saturated carbocycles. The molecule has 6 heteroatoms. The molecule has 0 bridgehead atoms. The van der Waals surface area contributed by atoms with Crippen LogP contribution in [0.1, 0.15) is 146 Å². The minimum absolute atomic E-state index is 0.00559. The van der Waals surface area contributed by atoms with Crippen molar-refractivity contribution < 1.29 is 29.0 Å². The maximum absolute atomic E-state index is 13.0. The number of hydrogen-bond acceptors (Lipinski definition) is 5. The molecule has 0 heterocycles. The molecule has 0 saturated heterocycles. The van der Waals surface area contributed by atoms with E-state index in [0.29, 0.717) is 31.1 Å². The molecule has 0 aromatic rings. The fraction of sp³-hybridized carbons (Fsp3) is 0.868. The van der Waals surface area contributed by atoms with Crippen LogP contribution in [0.5, 0.6) is 0 Å². The molecule has 0 aromatic heterocycles. The Balaban J connectivity index is 1.56. The van der Waals surface area contributed by atoms with Crippen LogP contribution in [0, 0.1) is 50.2 Å². The summed E-state index contributed by atoms with van der Waals surface area (Å²) in [7, 11) is 0. The third-order valence-corrected chi connectivity index (χ3v) is 14.4. The molecule has 0 aromatic carbocycles. The highest BCUT2D eigenvalue weighted by atomic mass is 16.6. The van der Waals surface area contributed by atoms with Crippen molar-refractivity contribution in [3.05, 3.63) is 11.6 Å². The number of carbonyl (C=O) groups is 3. The zero-order valence-electron chi connectivity index (χ0n) is 29.1. The maximum Gasteiger partial charge on any atom is 0.310 e. The van der Waals surface area contributed by atoms with Crippen LogP contribution < -0.4 is 0 Å². The van der Waals surface area contributed by atoms with Gasteiger partial charge < -0.3 is 14.6 Å². The van der Waals surface area contributed by atoms with Crippen molar-refractivity contribution >= 4 is 17.9 Å². The van der Waals surface area contributed by atoms with Crippen molar-refractivity contribution in [1.82, 2.24) is 0 Å². The number of allylic oxidation sites excluding steroid dienone is 2. The van der Waals surface area contributed by atoms with Gasteiger partial charge in [0.25, 0.3) is 0 Å². The quantitative estimate of drug-likeness (QED) is 0.228. The fourth-order valence-electron chi connectivity index (χ4n) is 11.9. The average molecular weight is 613 g/mol. The number of carboxylic acid groups (broad SMARTS) is 1. The Morgan fingerprint density at radius 3 is 2.05 bits per heavy atom. The first-order valence-electron chi connectivity index (χ1n) is 17.7. The van der Waals surface area contributed by atoms with Crippen LogP contribution in [0.3, 0.4) is 0 Å². The predicted octanol–water partition coefficient (Wildman–Crippen LogP) is 8.91. The topological polar surface area (TPSA) is 89.9 Å². The van der Waals surface area contributed by atoms with Gasteiger partial charge in [0.2, 0.25) is 0 Å². The molecule has 0 spiro atoms. The minimum Gasteiger partial charge on any atom is -0.481 e. The molecular weight excluding hydrogens is 552 g/mol. The number of carboxylic acids is 1. The monoisotopic (exact) mass is 612 g/mol. The first-order valence-corrected chi connectivity index (χ1v) is 17.7. The highest BCUT2D eigenvalue weighted by Gasteiger charge is 2.71. The smallest absolute Gasteiger partial charge is 0.310 e. The van der Waals surface area contributed by atoms with E-state index < -0.39 is 23.6 Å². The van der Waals surface area contributed by atoms with Crippen LogP contribution in [0.2, 0.25) is 0 Å². The van der Waals surface area contributed by atoms with Crippen molar-refractivity contribution in [3.63, 3.8) is 0 Å². The van der Waals surface area contributed by atoms with Gasteiger partial charge in [-0.05, 0) is 110 Å². The van der Waals surface area contributed by atoms with E-state index in [0.717, 1.165) is 64.2 Å². The number of ether oxygens (including phenoxy) is 2. The predicted molar refractivity (Wildman–Crippen MR) is 172 cm³/mol. The molecule has 6 nitrogen and oxygen atoms in total. The summed E-state index contributed by atoms with van der Waals surface area (Å²) in [6.45, 7) is 20.5. The minimum atomic E-state index is -0.647. The second-order valence-corrected chi connectivity index (χ2v) is 17.6. The standard InChI is InChI=1S/C38H60O6/c1-10-12-29(39)43-26-23-35(7)27(34(5,6)31(26)44-30(40)13-11-2)16-17-37(9)28(35)15-14-24-25-22-33(3,4)18-20-38(25,32(41)42)21-19-36(24,37)8/h14,25-28,31H,10-13,15-23H2,1-9H3,(H,41,42)/t25-,26+,27-,28+,31-,35-,36+,37+,38-/m0/s1. The average Bonchev–Trinajstić information content (AvgIpc) is 2.91. The molecule has 0 unspecified atom stereocenters. The number of esters is 2. The normalized spacial score (nSPS) is 43.7. The van der Waals surface area contributed by atoms with Gasteiger partial charge >= 0.3 is 17.9 Å². The van der Waals surface area contributed by atoms with Crippen LogP contribution in [0.4, 0.5) is 0 Å². The number of hydrogen-bond donors (Lipinski definition) is 1. The van der Waals surface area contributed by atoms with E-state index >= 15 is 0 Å². The molecule has 44 heavy (non-hydrogen) atoms. The summed E-state index contributed by atoms with van der Waals surface area (Å²) in [5, 5.41) is 10.7. The largest absolute Gasteiger partial charge is 0.481 e. The van der Waals surface area contributed by atoms with Crippen molar-refractivity contribution in [1.29, 1.82) is 0 Å². The molecule has 5 aliphatic carbocycles. The van der Waals surface area contributed by atoms with Gasteiger partial charge in [0, 0.05) is 18.3 Å². The van der Waals surface area contributed by atoms with E-state index in [1.165, 1.54) is 5.57 Å². The Labute approximate surface area is 266 Å². The molecule has 4 fully saturated rings. The zero-order chi connectivity index (χ0) is 32.5. The van der Waals surface area contributed by atoms with E-state index in [1.54, 1.807) is 0 Å². The molecule has 0 aliphatic heterocycles. The Morgan fingerprint density at radius 2 is 1.43 bits per heavy atom. The van der Waals surface area contributed by atoms with Gasteiger partial charge in [0.15, 0.2) is 0 Å². The summed E-state index contributed by atoms with van der Waals surface area (Å²) < 4.78 is 12.5. The third kappa shape index (κ3) is 4.89. The second-order valence-electron chi connectivity index (χ2n) is 17.6. The van der Waals surface area contributed by atoms with E-state index in [4.69, 9.17) is 9.47 Å². The first-order chi connectivity index (χ1) is 20.4. The maximum atomic E-state index is 13.0. The van der Waals surface area contributed by atoms with Crippen LogP contribution in [-0.4, -0.2) is 35.2 Å². The van der Waals surface area contributed by atoms with E-state index in [9.17, 15) is 19.5 Å². The van der Waals surface area contributed by atoms with Gasteiger partial charge in [0.1, 0.15) is 12.2 Å². The summed E-state index contributed by atoms with van der Waals surface area (Å²) in [6.07, 6.45) is 11.8. The Morgan fingerprint density at radius 1 is 0.818 bits per heavy atom. The summed E-state index contributed by atoms with van der Waals surface area (Å²) in [5.41, 5.74) is 0.339. The third-order valence-electron chi connectivity index (χ3n) is 14.4. The summed E-state index contributed by atoms with van der Waals surface area (Å²) in [6, 6.07) is 0. The Bertz CT molecular complexity index is 1200. The lowest BCUT2D eigenvalue weighted by atomic mass is 9.33. The van der Waals surface area contributed by atoms with Crippen molar-refractivity contribution in [2.45, 2.75) is 158 Å². The molecule has 0 amide bonds. The lowest BCUT2D eigenvalue weighted by Crippen LogP contribution is -2.67. The van der Waals surface area contributed by atoms with Gasteiger partial charge in [-0.15, -0.1) is 0 Å². The van der Waals surface area contributed by atoms with Gasteiger partial charge in [-0.25, -0.2) is 0 Å². The molecule has 248 valence electrons. The lowest BCUT2D eigenvalue weighted by Gasteiger charge is -2.71. The second kappa shape index (κ2) is 11.1. The first kappa shape index (κ1) is 33.5. The van der Waals surface area contributed by atoms with Gasteiger partial charge in [-0.1, -0.05) is 74.0 Å². The van der Waals surface area contributed by atoms with Gasteiger partial charge in [-0.2, -0.15) is 0 Å². The molecule has 9 atom stereocenters. The SMILES string of the molecule is CCCC(=O)O[C@@H]1C[C@]2(C)[C@H]3CC=C4[C@@H]5CC(C)(C)CC[C@]5(C(=O)O)CC[C@@]4(C)[C@]3(C)CC[C@H]2C(C)(C)[C@H]1OC(=O)CCC. The van der Waals surface area contributed by atoms with Gasteiger partial charge in [0.05, 0.1) is 5.41 Å².